The molecule has 0 saturated heterocycles. The van der Waals surface area contributed by atoms with Crippen molar-refractivity contribution in [3.8, 4) is 0 Å². The minimum Gasteiger partial charge on any atom is -0.390 e. The van der Waals surface area contributed by atoms with Crippen LogP contribution in [0.4, 0.5) is 0 Å². The van der Waals surface area contributed by atoms with Crippen molar-refractivity contribution in [3.05, 3.63) is 12.7 Å². The van der Waals surface area contributed by atoms with Crippen LogP contribution in [0.25, 0.3) is 0 Å². The highest BCUT2D eigenvalue weighted by Gasteiger charge is 2.28. The summed E-state index contributed by atoms with van der Waals surface area (Å²) in [6.07, 6.45) is -2.87. The van der Waals surface area contributed by atoms with Gasteiger partial charge in [0.25, 0.3) is 0 Å². The lowest BCUT2D eigenvalue weighted by Crippen LogP contribution is -2.48. The molecule has 0 aromatic heterocycles. The number of carbonyl (C=O) groups is 1. The maximum atomic E-state index is 10.8. The summed E-state index contributed by atoms with van der Waals surface area (Å²) in [7, 11) is 0. The molecule has 0 saturated carbocycles. The van der Waals surface area contributed by atoms with E-state index in [0.717, 1.165) is 0 Å². The third kappa shape index (κ3) is 7.56. The van der Waals surface area contributed by atoms with Crippen molar-refractivity contribution < 1.29 is 25.2 Å². The monoisotopic (exact) mass is 290 g/mol. The van der Waals surface area contributed by atoms with Crippen LogP contribution in [0.2, 0.25) is 0 Å². The van der Waals surface area contributed by atoms with Crippen LogP contribution >= 0.6 is 0 Å². The molecule has 20 heavy (non-hydrogen) atoms. The lowest BCUT2D eigenvalue weighted by atomic mass is 10.0. The number of aliphatic hydroxyl groups is 4. The Morgan fingerprint density at radius 2 is 1.75 bits per heavy atom. The summed E-state index contributed by atoms with van der Waals surface area (Å²) in [4.78, 5) is 10.8. The van der Waals surface area contributed by atoms with E-state index < -0.39 is 24.4 Å². The van der Waals surface area contributed by atoms with Crippen LogP contribution in [-0.4, -0.2) is 70.4 Å². The van der Waals surface area contributed by atoms with E-state index in [0.29, 0.717) is 25.9 Å². The Bertz CT molecular complexity index is 288. The van der Waals surface area contributed by atoms with Gasteiger partial charge in [0.2, 0.25) is 5.91 Å². The lowest BCUT2D eigenvalue weighted by molar-refractivity contribution is -0.116. The Kier molecular flexibility index (Phi) is 10.2. The average Bonchev–Trinajstić information content (AvgIpc) is 2.47. The van der Waals surface area contributed by atoms with Crippen molar-refractivity contribution in [3.63, 3.8) is 0 Å². The van der Waals surface area contributed by atoms with Gasteiger partial charge >= 0.3 is 0 Å². The highest BCUT2D eigenvalue weighted by molar-refractivity contribution is 5.86. The zero-order valence-corrected chi connectivity index (χ0v) is 11.8. The fraction of sp³-hybridized carbons (Fsp3) is 0.769. The van der Waals surface area contributed by atoms with Crippen molar-refractivity contribution in [2.75, 3.05) is 19.6 Å². The van der Waals surface area contributed by atoms with Gasteiger partial charge in [-0.3, -0.25) is 4.79 Å². The maximum Gasteiger partial charge on any atom is 0.243 e. The molecule has 0 spiro atoms. The van der Waals surface area contributed by atoms with Crippen LogP contribution in [0.15, 0.2) is 12.7 Å². The van der Waals surface area contributed by atoms with Gasteiger partial charge in [-0.15, -0.1) is 0 Å². The van der Waals surface area contributed by atoms with Gasteiger partial charge in [-0.1, -0.05) is 13.5 Å². The third-order valence-corrected chi connectivity index (χ3v) is 2.93. The molecule has 4 atom stereocenters. The second-order valence-electron chi connectivity index (χ2n) is 4.58. The maximum absolute atomic E-state index is 10.8. The molecule has 4 unspecified atom stereocenters. The second-order valence-corrected chi connectivity index (χ2v) is 4.58. The molecule has 7 nitrogen and oxygen atoms in total. The Morgan fingerprint density at radius 1 is 1.15 bits per heavy atom. The summed E-state index contributed by atoms with van der Waals surface area (Å²) in [5.41, 5.74) is 0. The molecule has 0 heterocycles. The Morgan fingerprint density at radius 3 is 2.30 bits per heavy atom. The fourth-order valence-corrected chi connectivity index (χ4v) is 1.56. The van der Waals surface area contributed by atoms with Gasteiger partial charge in [0.05, 0.1) is 12.2 Å². The van der Waals surface area contributed by atoms with Gasteiger partial charge in [0, 0.05) is 13.1 Å². The smallest absolute Gasteiger partial charge is 0.243 e. The summed E-state index contributed by atoms with van der Waals surface area (Å²) >= 11 is 0. The van der Waals surface area contributed by atoms with Gasteiger partial charge in [-0.25, -0.2) is 0 Å². The summed E-state index contributed by atoms with van der Waals surface area (Å²) in [5, 5.41) is 43.7. The van der Waals surface area contributed by atoms with E-state index >= 15 is 0 Å². The Hall–Kier alpha value is -0.990. The van der Waals surface area contributed by atoms with E-state index in [9.17, 15) is 25.2 Å². The van der Waals surface area contributed by atoms with E-state index in [-0.39, 0.29) is 12.5 Å². The van der Waals surface area contributed by atoms with E-state index in [1.54, 1.807) is 6.92 Å². The highest BCUT2D eigenvalue weighted by Crippen LogP contribution is 2.07. The van der Waals surface area contributed by atoms with E-state index in [1.807, 2.05) is 0 Å². The normalized spacial score (nSPS) is 17.1. The predicted molar refractivity (Wildman–Crippen MR) is 75.0 cm³/mol. The molecule has 0 fully saturated rings. The van der Waals surface area contributed by atoms with E-state index in [4.69, 9.17) is 0 Å². The van der Waals surface area contributed by atoms with Crippen LogP contribution in [0.5, 0.6) is 0 Å². The van der Waals surface area contributed by atoms with Crippen LogP contribution in [0.3, 0.4) is 0 Å². The van der Waals surface area contributed by atoms with E-state index in [2.05, 4.69) is 17.2 Å². The first-order valence-electron chi connectivity index (χ1n) is 6.77. The predicted octanol–water partition coefficient (Wildman–Crippen LogP) is -1.88. The average molecular weight is 290 g/mol. The molecule has 1 amide bonds. The molecule has 118 valence electrons. The van der Waals surface area contributed by atoms with Gasteiger partial charge in [0.1, 0.15) is 12.2 Å². The molecular weight excluding hydrogens is 264 g/mol. The quantitative estimate of drug-likeness (QED) is 0.196. The number of aliphatic hydroxyl groups excluding tert-OH is 4. The van der Waals surface area contributed by atoms with Crippen molar-refractivity contribution in [1.29, 1.82) is 0 Å². The molecular formula is C13H26N2O5. The fourth-order valence-electron chi connectivity index (χ4n) is 1.56. The second kappa shape index (κ2) is 10.8. The number of hydrogen-bond acceptors (Lipinski definition) is 6. The Balaban J connectivity index is 3.74. The van der Waals surface area contributed by atoms with Crippen molar-refractivity contribution in [2.24, 2.45) is 0 Å². The Labute approximate surface area is 119 Å². The van der Waals surface area contributed by atoms with Crippen LogP contribution < -0.4 is 10.6 Å². The van der Waals surface area contributed by atoms with E-state index in [1.165, 1.54) is 6.08 Å². The first-order chi connectivity index (χ1) is 9.43. The zero-order valence-electron chi connectivity index (χ0n) is 11.8. The molecule has 0 aliphatic carbocycles. The molecule has 7 heteroatoms. The first kappa shape index (κ1) is 19.0. The van der Waals surface area contributed by atoms with Gasteiger partial charge in [0.15, 0.2) is 0 Å². The molecule has 0 radical (unpaired) electrons. The molecule has 6 N–H and O–H groups in total. The molecule has 0 rings (SSSR count). The topological polar surface area (TPSA) is 122 Å². The van der Waals surface area contributed by atoms with Gasteiger partial charge in [-0.05, 0) is 25.5 Å². The summed E-state index contributed by atoms with van der Waals surface area (Å²) in [5.74, 6) is -0.239. The van der Waals surface area contributed by atoms with Crippen LogP contribution in [0, 0.1) is 0 Å². The van der Waals surface area contributed by atoms with Crippen LogP contribution in [0.1, 0.15) is 19.8 Å². The number of amides is 1. The highest BCUT2D eigenvalue weighted by atomic mass is 16.4. The minimum atomic E-state index is -1.40. The number of carbonyl (C=O) groups excluding carboxylic acids is 1. The van der Waals surface area contributed by atoms with Crippen molar-refractivity contribution in [2.45, 2.75) is 44.2 Å². The first-order valence-corrected chi connectivity index (χ1v) is 6.77. The number of rotatable bonds is 11. The molecule has 0 bridgehead atoms. The van der Waals surface area contributed by atoms with Gasteiger partial charge < -0.3 is 31.1 Å². The molecule has 0 aliphatic rings. The standard InChI is InChI=1S/C13H26N2O5/c1-3-9(16)12(19)13(20)10(17)8-14-6-5-7-15-11(18)4-2/h4,9-10,12-14,16-17,19-20H,2-3,5-8H2,1H3,(H,15,18). The van der Waals surface area contributed by atoms with Crippen molar-refractivity contribution in [1.82, 2.24) is 10.6 Å². The molecule has 0 aromatic rings. The number of nitrogens with one attached hydrogen (secondary N) is 2. The molecule has 0 aromatic carbocycles. The molecule has 0 aliphatic heterocycles. The largest absolute Gasteiger partial charge is 0.390 e. The summed E-state index contributed by atoms with van der Waals surface area (Å²) in [6, 6.07) is 0. The third-order valence-electron chi connectivity index (χ3n) is 2.93. The number of hydrogen-bond donors (Lipinski definition) is 6. The minimum absolute atomic E-state index is 0.0874. The lowest BCUT2D eigenvalue weighted by Gasteiger charge is -2.26. The SMILES string of the molecule is C=CC(=O)NCCCNCC(O)C(O)C(O)C(O)CC. The summed E-state index contributed by atoms with van der Waals surface area (Å²) in [6.45, 7) is 6.10. The zero-order chi connectivity index (χ0) is 15.5. The van der Waals surface area contributed by atoms with Crippen molar-refractivity contribution >= 4 is 5.91 Å². The van der Waals surface area contributed by atoms with Crippen LogP contribution in [-0.2, 0) is 4.79 Å². The summed E-state index contributed by atoms with van der Waals surface area (Å²) < 4.78 is 0. The van der Waals surface area contributed by atoms with Gasteiger partial charge in [-0.2, -0.15) is 0 Å².